The Morgan fingerprint density at radius 3 is 2.48 bits per heavy atom. The normalized spacial score (nSPS) is 15.6. The van der Waals surface area contributed by atoms with E-state index in [4.69, 9.17) is 14.2 Å². The summed E-state index contributed by atoms with van der Waals surface area (Å²) in [5, 5.41) is 2.78. The molecule has 1 heterocycles. The maximum Gasteiger partial charge on any atom is 0.338 e. The number of rotatable bonds is 10. The average Bonchev–Trinajstić information content (AvgIpc) is 3.30. The predicted octanol–water partition coefficient (Wildman–Crippen LogP) is 3.88. The molecule has 2 aromatic carbocycles. The van der Waals surface area contributed by atoms with Crippen LogP contribution in [0.2, 0.25) is 0 Å². The number of carbonyl (C=O) groups is 2. The van der Waals surface area contributed by atoms with Gasteiger partial charge in [0.25, 0.3) is 5.91 Å². The van der Waals surface area contributed by atoms with Crippen LogP contribution in [0.1, 0.15) is 54.1 Å². The van der Waals surface area contributed by atoms with Gasteiger partial charge in [0.2, 0.25) is 0 Å². The van der Waals surface area contributed by atoms with Gasteiger partial charge >= 0.3 is 5.97 Å². The molecule has 1 N–H and O–H groups in total. The zero-order chi connectivity index (χ0) is 22.1. The first-order valence-electron chi connectivity index (χ1n) is 10.9. The van der Waals surface area contributed by atoms with Crippen LogP contribution in [0.5, 0.6) is 5.75 Å². The standard InChI is InChI=1S/C25H31NO5/c1-18(2)20-7-5-19(6-8-20)13-14-26-24(27)17-31-25(28)21-9-11-22(12-10-21)30-16-23-4-3-15-29-23/h5-12,18,23H,3-4,13-17H2,1-2H3,(H,26,27)/t23-/m1/s1. The number of amides is 1. The van der Waals surface area contributed by atoms with Crippen molar-refractivity contribution in [1.82, 2.24) is 5.32 Å². The van der Waals surface area contributed by atoms with E-state index >= 15 is 0 Å². The van der Waals surface area contributed by atoms with E-state index in [1.54, 1.807) is 24.3 Å². The first-order valence-corrected chi connectivity index (χ1v) is 10.9. The molecule has 0 spiro atoms. The van der Waals surface area contributed by atoms with Crippen molar-refractivity contribution in [3.05, 3.63) is 65.2 Å². The lowest BCUT2D eigenvalue weighted by atomic mass is 10.0. The smallest absolute Gasteiger partial charge is 0.338 e. The van der Waals surface area contributed by atoms with Crippen molar-refractivity contribution in [3.63, 3.8) is 0 Å². The van der Waals surface area contributed by atoms with Gasteiger partial charge in [-0.2, -0.15) is 0 Å². The fraction of sp³-hybridized carbons (Fsp3) is 0.440. The van der Waals surface area contributed by atoms with Gasteiger partial charge in [-0.15, -0.1) is 0 Å². The summed E-state index contributed by atoms with van der Waals surface area (Å²) in [6, 6.07) is 15.1. The van der Waals surface area contributed by atoms with E-state index in [0.717, 1.165) is 31.4 Å². The summed E-state index contributed by atoms with van der Waals surface area (Å²) in [5.41, 5.74) is 2.83. The van der Waals surface area contributed by atoms with Crippen LogP contribution in [0.4, 0.5) is 0 Å². The third-order valence-corrected chi connectivity index (χ3v) is 5.27. The third kappa shape index (κ3) is 7.40. The van der Waals surface area contributed by atoms with Gasteiger partial charge in [0.15, 0.2) is 6.61 Å². The van der Waals surface area contributed by atoms with Gasteiger partial charge in [-0.1, -0.05) is 38.1 Å². The molecule has 2 aromatic rings. The molecule has 0 saturated carbocycles. The van der Waals surface area contributed by atoms with Crippen molar-refractivity contribution in [2.24, 2.45) is 0 Å². The molecule has 6 heteroatoms. The Labute approximate surface area is 183 Å². The Balaban J connectivity index is 1.34. The number of carbonyl (C=O) groups excluding carboxylic acids is 2. The second-order valence-electron chi connectivity index (χ2n) is 8.04. The number of esters is 1. The third-order valence-electron chi connectivity index (χ3n) is 5.27. The Bertz CT molecular complexity index is 839. The second kappa shape index (κ2) is 11.5. The first kappa shape index (κ1) is 22.8. The number of hydrogen-bond donors (Lipinski definition) is 1. The summed E-state index contributed by atoms with van der Waals surface area (Å²) in [6.45, 7) is 5.80. The summed E-state index contributed by atoms with van der Waals surface area (Å²) in [6.07, 6.45) is 2.95. The van der Waals surface area contributed by atoms with Crippen LogP contribution in [0, 0.1) is 0 Å². The highest BCUT2D eigenvalue weighted by Gasteiger charge is 2.16. The molecule has 0 unspecified atom stereocenters. The van der Waals surface area contributed by atoms with Gasteiger partial charge in [0, 0.05) is 13.2 Å². The minimum absolute atomic E-state index is 0.141. The van der Waals surface area contributed by atoms with Crippen LogP contribution in [0.25, 0.3) is 0 Å². The predicted molar refractivity (Wildman–Crippen MR) is 118 cm³/mol. The average molecular weight is 426 g/mol. The molecule has 0 radical (unpaired) electrons. The molecule has 1 saturated heterocycles. The lowest BCUT2D eigenvalue weighted by molar-refractivity contribution is -0.124. The van der Waals surface area contributed by atoms with E-state index in [9.17, 15) is 9.59 Å². The lowest BCUT2D eigenvalue weighted by Gasteiger charge is -2.11. The van der Waals surface area contributed by atoms with Crippen molar-refractivity contribution < 1.29 is 23.8 Å². The minimum atomic E-state index is -0.537. The fourth-order valence-corrected chi connectivity index (χ4v) is 3.33. The van der Waals surface area contributed by atoms with Gasteiger partial charge in [0.1, 0.15) is 12.4 Å². The van der Waals surface area contributed by atoms with Gasteiger partial charge in [-0.25, -0.2) is 4.79 Å². The molecule has 3 rings (SSSR count). The van der Waals surface area contributed by atoms with E-state index in [2.05, 4.69) is 43.4 Å². The molecular formula is C25H31NO5. The van der Waals surface area contributed by atoms with Crippen molar-refractivity contribution in [3.8, 4) is 5.75 Å². The largest absolute Gasteiger partial charge is 0.491 e. The summed E-state index contributed by atoms with van der Waals surface area (Å²) in [4.78, 5) is 24.1. The SMILES string of the molecule is CC(C)c1ccc(CCNC(=O)COC(=O)c2ccc(OC[C@H]3CCCO3)cc2)cc1. The van der Waals surface area contributed by atoms with Crippen molar-refractivity contribution in [2.75, 3.05) is 26.4 Å². The van der Waals surface area contributed by atoms with Crippen LogP contribution in [-0.4, -0.2) is 44.3 Å². The monoisotopic (exact) mass is 425 g/mol. The summed E-state index contributed by atoms with van der Waals surface area (Å²) >= 11 is 0. The molecular weight excluding hydrogens is 394 g/mol. The maximum atomic E-state index is 12.1. The summed E-state index contributed by atoms with van der Waals surface area (Å²) in [7, 11) is 0. The highest BCUT2D eigenvalue weighted by molar-refractivity contribution is 5.91. The highest BCUT2D eigenvalue weighted by Crippen LogP contribution is 2.17. The molecule has 1 aliphatic rings. The molecule has 6 nitrogen and oxygen atoms in total. The van der Waals surface area contributed by atoms with Crippen molar-refractivity contribution in [2.45, 2.75) is 45.1 Å². The Kier molecular flexibility index (Phi) is 8.47. The van der Waals surface area contributed by atoms with Crippen LogP contribution >= 0.6 is 0 Å². The first-order chi connectivity index (χ1) is 15.0. The van der Waals surface area contributed by atoms with Gasteiger partial charge in [-0.3, -0.25) is 4.79 Å². The summed E-state index contributed by atoms with van der Waals surface area (Å²) in [5.74, 6) is 0.318. The zero-order valence-electron chi connectivity index (χ0n) is 18.3. The van der Waals surface area contributed by atoms with E-state index in [0.29, 0.717) is 30.4 Å². The van der Waals surface area contributed by atoms with Crippen molar-refractivity contribution >= 4 is 11.9 Å². The number of hydrogen-bond acceptors (Lipinski definition) is 5. The molecule has 0 aromatic heterocycles. The van der Waals surface area contributed by atoms with Crippen LogP contribution in [0.3, 0.4) is 0 Å². The topological polar surface area (TPSA) is 73.9 Å². The van der Waals surface area contributed by atoms with Crippen LogP contribution in [-0.2, 0) is 20.7 Å². The molecule has 1 amide bonds. The molecule has 31 heavy (non-hydrogen) atoms. The fourth-order valence-electron chi connectivity index (χ4n) is 3.33. The van der Waals surface area contributed by atoms with Crippen LogP contribution < -0.4 is 10.1 Å². The van der Waals surface area contributed by atoms with Gasteiger partial charge in [0.05, 0.1) is 11.7 Å². The lowest BCUT2D eigenvalue weighted by Crippen LogP contribution is -2.30. The highest BCUT2D eigenvalue weighted by atomic mass is 16.5. The second-order valence-corrected chi connectivity index (χ2v) is 8.04. The summed E-state index contributed by atoms with van der Waals surface area (Å²) < 4.78 is 16.3. The Hall–Kier alpha value is -2.86. The van der Waals surface area contributed by atoms with E-state index in [-0.39, 0.29) is 18.6 Å². The zero-order valence-corrected chi connectivity index (χ0v) is 18.3. The van der Waals surface area contributed by atoms with Crippen molar-refractivity contribution in [1.29, 1.82) is 0 Å². The van der Waals surface area contributed by atoms with E-state index in [1.807, 2.05) is 0 Å². The van der Waals surface area contributed by atoms with Gasteiger partial charge < -0.3 is 19.5 Å². The molecule has 0 bridgehead atoms. The number of nitrogens with one attached hydrogen (secondary N) is 1. The number of ether oxygens (including phenoxy) is 3. The van der Waals surface area contributed by atoms with E-state index in [1.165, 1.54) is 5.56 Å². The van der Waals surface area contributed by atoms with Crippen LogP contribution in [0.15, 0.2) is 48.5 Å². The number of benzene rings is 2. The Morgan fingerprint density at radius 1 is 1.10 bits per heavy atom. The van der Waals surface area contributed by atoms with E-state index < -0.39 is 5.97 Å². The Morgan fingerprint density at radius 2 is 1.84 bits per heavy atom. The molecule has 1 aliphatic heterocycles. The molecule has 0 aliphatic carbocycles. The molecule has 1 fully saturated rings. The molecule has 1 atom stereocenters. The quantitative estimate of drug-likeness (QED) is 0.585. The minimum Gasteiger partial charge on any atom is -0.491 e. The molecule has 166 valence electrons. The maximum absolute atomic E-state index is 12.1. The van der Waals surface area contributed by atoms with Gasteiger partial charge in [-0.05, 0) is 60.6 Å².